The predicted molar refractivity (Wildman–Crippen MR) is 77.1 cm³/mol. The van der Waals surface area contributed by atoms with Crippen molar-refractivity contribution in [1.82, 2.24) is 0 Å². The van der Waals surface area contributed by atoms with Crippen LogP contribution in [0, 0.1) is 0 Å². The molecule has 1 aliphatic rings. The molecule has 0 bridgehead atoms. The van der Waals surface area contributed by atoms with Gasteiger partial charge in [0.2, 0.25) is 5.91 Å². The van der Waals surface area contributed by atoms with Gasteiger partial charge in [0.1, 0.15) is 0 Å². The van der Waals surface area contributed by atoms with E-state index in [2.05, 4.69) is 0 Å². The first-order chi connectivity index (χ1) is 8.28. The Morgan fingerprint density at radius 2 is 1.89 bits per heavy atom. The van der Waals surface area contributed by atoms with E-state index in [4.69, 9.17) is 23.2 Å². The van der Waals surface area contributed by atoms with Crippen LogP contribution in [0.5, 0.6) is 0 Å². The lowest BCUT2D eigenvalue weighted by molar-refractivity contribution is -0.117. The smallest absolute Gasteiger partial charge is 0.224 e. The predicted octanol–water partition coefficient (Wildman–Crippen LogP) is 4.45. The summed E-state index contributed by atoms with van der Waals surface area (Å²) >= 11 is 12.7. The Balaban J connectivity index is 2.83. The fourth-order valence-electron chi connectivity index (χ4n) is 2.60. The molecule has 0 fully saturated rings. The highest BCUT2D eigenvalue weighted by atomic mass is 35.5. The summed E-state index contributed by atoms with van der Waals surface area (Å²) in [4.78, 5) is 13.6. The van der Waals surface area contributed by atoms with Crippen molar-refractivity contribution in [1.29, 1.82) is 0 Å². The van der Waals surface area contributed by atoms with Gasteiger partial charge in [-0.1, -0.05) is 29.3 Å². The topological polar surface area (TPSA) is 20.3 Å². The van der Waals surface area contributed by atoms with Gasteiger partial charge in [-0.25, -0.2) is 0 Å². The van der Waals surface area contributed by atoms with Gasteiger partial charge in [0.05, 0.1) is 16.2 Å². The number of benzene rings is 1. The summed E-state index contributed by atoms with van der Waals surface area (Å²) in [6.07, 6.45) is 0. The van der Waals surface area contributed by atoms with Crippen molar-refractivity contribution in [3.8, 4) is 0 Å². The molecule has 2 rings (SSSR count). The zero-order valence-corrected chi connectivity index (χ0v) is 12.4. The van der Waals surface area contributed by atoms with Gasteiger partial charge in [-0.05, 0) is 38.5 Å². The molecule has 2 nitrogen and oxygen atoms in total. The van der Waals surface area contributed by atoms with E-state index >= 15 is 0 Å². The summed E-state index contributed by atoms with van der Waals surface area (Å²) in [5.74, 6) is -0.0471. The largest absolute Gasteiger partial charge is 0.301 e. The molecule has 4 heteroatoms. The van der Waals surface area contributed by atoms with Crippen LogP contribution in [0.1, 0.15) is 33.3 Å². The summed E-state index contributed by atoms with van der Waals surface area (Å²) in [6, 6.07) is 5.56. The minimum absolute atomic E-state index is 0.0471. The number of fused-ring (bicyclic) bond motifs is 1. The molecular weight excluding hydrogens is 269 g/mol. The van der Waals surface area contributed by atoms with Crippen LogP contribution < -0.4 is 4.90 Å². The Hall–Kier alpha value is -0.990. The molecule has 0 aliphatic carbocycles. The van der Waals surface area contributed by atoms with E-state index in [0.717, 1.165) is 16.8 Å². The van der Waals surface area contributed by atoms with Crippen LogP contribution in [0.2, 0.25) is 5.02 Å². The van der Waals surface area contributed by atoms with Crippen LogP contribution in [-0.4, -0.2) is 11.4 Å². The third-order valence-electron chi connectivity index (χ3n) is 3.35. The zero-order valence-electron chi connectivity index (χ0n) is 10.8. The second-order valence-electron chi connectivity index (χ2n) is 4.99. The highest BCUT2D eigenvalue weighted by molar-refractivity contribution is 6.38. The molecule has 1 aromatic rings. The highest BCUT2D eigenvalue weighted by Gasteiger charge is 2.40. The Kier molecular flexibility index (Phi) is 3.20. The molecule has 0 atom stereocenters. The maximum atomic E-state index is 11.9. The van der Waals surface area contributed by atoms with E-state index in [1.807, 2.05) is 39.0 Å². The van der Waals surface area contributed by atoms with E-state index in [1.54, 1.807) is 4.90 Å². The van der Waals surface area contributed by atoms with Gasteiger partial charge < -0.3 is 4.90 Å². The average Bonchev–Trinajstić information content (AvgIpc) is 2.25. The first-order valence-corrected chi connectivity index (χ1v) is 6.50. The van der Waals surface area contributed by atoms with Gasteiger partial charge in [-0.3, -0.25) is 4.79 Å². The van der Waals surface area contributed by atoms with Crippen LogP contribution in [0.25, 0.3) is 5.57 Å². The molecule has 1 aliphatic heterocycles. The van der Waals surface area contributed by atoms with Crippen molar-refractivity contribution < 1.29 is 4.79 Å². The molecule has 96 valence electrons. The van der Waals surface area contributed by atoms with Crippen molar-refractivity contribution >= 4 is 40.4 Å². The Labute approximate surface area is 117 Å². The Morgan fingerprint density at radius 1 is 1.28 bits per heavy atom. The number of hydrogen-bond donors (Lipinski definition) is 0. The molecule has 18 heavy (non-hydrogen) atoms. The van der Waals surface area contributed by atoms with Gasteiger partial charge in [0, 0.05) is 17.5 Å². The Morgan fingerprint density at radius 3 is 2.44 bits per heavy atom. The van der Waals surface area contributed by atoms with E-state index in [-0.39, 0.29) is 5.91 Å². The van der Waals surface area contributed by atoms with E-state index in [9.17, 15) is 4.79 Å². The van der Waals surface area contributed by atoms with Gasteiger partial charge >= 0.3 is 0 Å². The van der Waals surface area contributed by atoms with Crippen molar-refractivity contribution in [2.45, 2.75) is 33.2 Å². The molecule has 1 amide bonds. The van der Waals surface area contributed by atoms with Gasteiger partial charge in [-0.15, -0.1) is 0 Å². The third-order valence-corrected chi connectivity index (χ3v) is 4.41. The third kappa shape index (κ3) is 1.75. The molecule has 0 spiro atoms. The fourth-order valence-corrected chi connectivity index (χ4v) is 3.09. The maximum Gasteiger partial charge on any atom is 0.224 e. The van der Waals surface area contributed by atoms with Crippen molar-refractivity contribution in [3.63, 3.8) is 0 Å². The number of nitrogens with zero attached hydrogens (tertiary/aromatic N) is 1. The van der Waals surface area contributed by atoms with Crippen molar-refractivity contribution in [2.24, 2.45) is 0 Å². The first-order valence-electron chi connectivity index (χ1n) is 5.75. The average molecular weight is 284 g/mol. The molecule has 0 saturated heterocycles. The number of hydrogen-bond acceptors (Lipinski definition) is 1. The second-order valence-corrected chi connectivity index (χ2v) is 5.77. The van der Waals surface area contributed by atoms with Gasteiger partial charge in [0.25, 0.3) is 0 Å². The molecule has 0 N–H and O–H groups in total. The minimum Gasteiger partial charge on any atom is -0.301 e. The van der Waals surface area contributed by atoms with Crippen LogP contribution in [-0.2, 0) is 4.79 Å². The monoisotopic (exact) mass is 283 g/mol. The van der Waals surface area contributed by atoms with Crippen LogP contribution in [0.3, 0.4) is 0 Å². The quantitative estimate of drug-likeness (QED) is 0.689. The SMILES string of the molecule is CC(=O)N1c2cccc(Cl)c2C(C)=C(Cl)C1(C)C. The standard InChI is InChI=1S/C14H15Cl2NO/c1-8-12-10(15)6-5-7-11(12)17(9(2)18)14(3,4)13(8)16/h5-7H,1-4H3. The highest BCUT2D eigenvalue weighted by Crippen LogP contribution is 2.47. The van der Waals surface area contributed by atoms with Crippen LogP contribution >= 0.6 is 23.2 Å². The molecule has 0 aromatic heterocycles. The van der Waals surface area contributed by atoms with Crippen molar-refractivity contribution in [3.05, 3.63) is 33.8 Å². The van der Waals surface area contributed by atoms with E-state index in [0.29, 0.717) is 10.1 Å². The number of anilines is 1. The molecular formula is C14H15Cl2NO. The number of halogens is 2. The Bertz CT molecular complexity index is 561. The molecule has 0 unspecified atom stereocenters. The van der Waals surface area contributed by atoms with Gasteiger partial charge in [-0.2, -0.15) is 0 Å². The normalized spacial score (nSPS) is 17.8. The van der Waals surface area contributed by atoms with E-state index < -0.39 is 5.54 Å². The molecule has 1 aromatic carbocycles. The summed E-state index contributed by atoms with van der Waals surface area (Å²) in [7, 11) is 0. The maximum absolute atomic E-state index is 11.9. The summed E-state index contributed by atoms with van der Waals surface area (Å²) in [6.45, 7) is 7.34. The number of rotatable bonds is 0. The van der Waals surface area contributed by atoms with E-state index in [1.165, 1.54) is 6.92 Å². The lowest BCUT2D eigenvalue weighted by Crippen LogP contribution is -2.49. The first kappa shape index (κ1) is 13.4. The molecule has 0 radical (unpaired) electrons. The lowest BCUT2D eigenvalue weighted by atomic mass is 9.88. The minimum atomic E-state index is -0.546. The summed E-state index contributed by atoms with van der Waals surface area (Å²) in [5.41, 5.74) is 2.05. The van der Waals surface area contributed by atoms with Crippen molar-refractivity contribution in [2.75, 3.05) is 4.90 Å². The fraction of sp³-hybridized carbons (Fsp3) is 0.357. The van der Waals surface area contributed by atoms with Crippen LogP contribution in [0.15, 0.2) is 23.2 Å². The lowest BCUT2D eigenvalue weighted by Gasteiger charge is -2.43. The molecule has 1 heterocycles. The summed E-state index contributed by atoms with van der Waals surface area (Å²) < 4.78 is 0. The number of carbonyl (C=O) groups is 1. The zero-order chi connectivity index (χ0) is 13.7. The number of carbonyl (C=O) groups excluding carboxylic acids is 1. The summed E-state index contributed by atoms with van der Waals surface area (Å²) in [5, 5.41) is 1.27. The number of amides is 1. The van der Waals surface area contributed by atoms with Crippen LogP contribution in [0.4, 0.5) is 5.69 Å². The molecule has 0 saturated carbocycles. The number of allylic oxidation sites excluding steroid dienone is 1. The second kappa shape index (κ2) is 4.29. The van der Waals surface area contributed by atoms with Gasteiger partial charge in [0.15, 0.2) is 0 Å².